The van der Waals surface area contributed by atoms with Crippen LogP contribution in [-0.4, -0.2) is 22.1 Å². The second-order valence-corrected chi connectivity index (χ2v) is 4.05. The fourth-order valence-electron chi connectivity index (χ4n) is 1.89. The quantitative estimate of drug-likeness (QED) is 0.694. The average molecular weight is 208 g/mol. The third-order valence-corrected chi connectivity index (χ3v) is 2.74. The van der Waals surface area contributed by atoms with Crippen molar-refractivity contribution in [2.75, 3.05) is 6.61 Å². The van der Waals surface area contributed by atoms with Crippen LogP contribution in [0.3, 0.4) is 0 Å². The molecule has 1 aliphatic rings. The van der Waals surface area contributed by atoms with E-state index >= 15 is 0 Å². The number of esters is 1. The van der Waals surface area contributed by atoms with Crippen molar-refractivity contribution in [3.8, 4) is 0 Å². The molecule has 4 heteroatoms. The number of fused-ring (bicyclic) bond motifs is 1. The molecule has 4 nitrogen and oxygen atoms in total. The maximum atomic E-state index is 11.4. The Bertz CT molecular complexity index is 371. The first-order chi connectivity index (χ1) is 7.20. The van der Waals surface area contributed by atoms with Crippen molar-refractivity contribution in [3.63, 3.8) is 0 Å². The Morgan fingerprint density at radius 2 is 2.53 bits per heavy atom. The summed E-state index contributed by atoms with van der Waals surface area (Å²) in [5, 5.41) is 0. The zero-order valence-electron chi connectivity index (χ0n) is 9.19. The van der Waals surface area contributed by atoms with E-state index in [-0.39, 0.29) is 5.97 Å². The molecule has 82 valence electrons. The lowest BCUT2D eigenvalue weighted by Gasteiger charge is -2.18. The molecular weight excluding hydrogens is 192 g/mol. The van der Waals surface area contributed by atoms with E-state index in [0.29, 0.717) is 18.2 Å². The SMILES string of the molecule is CCOC(=O)c1cn2c(n1)C[C@H](C)CC2. The first-order valence-electron chi connectivity index (χ1n) is 5.44. The van der Waals surface area contributed by atoms with Crippen LogP contribution >= 0.6 is 0 Å². The average Bonchev–Trinajstić information content (AvgIpc) is 2.60. The van der Waals surface area contributed by atoms with Crippen molar-refractivity contribution in [1.29, 1.82) is 0 Å². The molecule has 0 spiro atoms. The number of carbonyl (C=O) groups is 1. The summed E-state index contributed by atoms with van der Waals surface area (Å²) in [5.41, 5.74) is 0.445. The van der Waals surface area contributed by atoms with Gasteiger partial charge in [0.05, 0.1) is 6.61 Å². The van der Waals surface area contributed by atoms with Crippen molar-refractivity contribution in [2.45, 2.75) is 33.2 Å². The van der Waals surface area contributed by atoms with Gasteiger partial charge in [-0.3, -0.25) is 0 Å². The molecule has 0 bridgehead atoms. The van der Waals surface area contributed by atoms with E-state index < -0.39 is 0 Å². The lowest BCUT2D eigenvalue weighted by Crippen LogP contribution is -2.16. The Labute approximate surface area is 89.3 Å². The largest absolute Gasteiger partial charge is 0.461 e. The maximum Gasteiger partial charge on any atom is 0.358 e. The van der Waals surface area contributed by atoms with Crippen LogP contribution in [0.5, 0.6) is 0 Å². The van der Waals surface area contributed by atoms with E-state index in [1.54, 1.807) is 13.1 Å². The summed E-state index contributed by atoms with van der Waals surface area (Å²) in [6, 6.07) is 0. The van der Waals surface area contributed by atoms with Gasteiger partial charge in [0.2, 0.25) is 0 Å². The third kappa shape index (κ3) is 2.03. The molecule has 1 aromatic rings. The standard InChI is InChI=1S/C11H16N2O2/c1-3-15-11(14)9-7-13-5-4-8(2)6-10(13)12-9/h7-8H,3-6H2,1-2H3/t8-/m1/s1. The highest BCUT2D eigenvalue weighted by molar-refractivity contribution is 5.87. The number of hydrogen-bond acceptors (Lipinski definition) is 3. The first-order valence-corrected chi connectivity index (χ1v) is 5.44. The molecule has 0 N–H and O–H groups in total. The van der Waals surface area contributed by atoms with Crippen LogP contribution < -0.4 is 0 Å². The van der Waals surface area contributed by atoms with Gasteiger partial charge in [0.1, 0.15) is 5.82 Å². The van der Waals surface area contributed by atoms with Gasteiger partial charge in [-0.1, -0.05) is 6.92 Å². The van der Waals surface area contributed by atoms with Crippen molar-refractivity contribution in [2.24, 2.45) is 5.92 Å². The predicted molar refractivity (Wildman–Crippen MR) is 55.7 cm³/mol. The summed E-state index contributed by atoms with van der Waals surface area (Å²) in [6.07, 6.45) is 3.92. The molecule has 0 saturated heterocycles. The Morgan fingerprint density at radius 3 is 3.27 bits per heavy atom. The van der Waals surface area contributed by atoms with E-state index in [1.165, 1.54) is 0 Å². The van der Waals surface area contributed by atoms with Crippen LogP contribution in [0, 0.1) is 5.92 Å². The fourth-order valence-corrected chi connectivity index (χ4v) is 1.89. The van der Waals surface area contributed by atoms with Gasteiger partial charge in [0, 0.05) is 19.2 Å². The molecule has 0 aromatic carbocycles. The predicted octanol–water partition coefficient (Wildman–Crippen LogP) is 1.64. The lowest BCUT2D eigenvalue weighted by molar-refractivity contribution is 0.0520. The van der Waals surface area contributed by atoms with Gasteiger partial charge < -0.3 is 9.30 Å². The molecule has 0 amide bonds. The summed E-state index contributed by atoms with van der Waals surface area (Å²) in [5.74, 6) is 1.36. The number of imidazole rings is 1. The highest BCUT2D eigenvalue weighted by Crippen LogP contribution is 2.19. The van der Waals surface area contributed by atoms with Crippen LogP contribution in [0.15, 0.2) is 6.20 Å². The molecule has 1 aromatic heterocycles. The molecule has 0 radical (unpaired) electrons. The minimum absolute atomic E-state index is 0.313. The zero-order valence-corrected chi connectivity index (χ0v) is 9.19. The molecule has 0 aliphatic carbocycles. The summed E-state index contributed by atoms with van der Waals surface area (Å²) in [7, 11) is 0. The van der Waals surface area contributed by atoms with Gasteiger partial charge in [-0.05, 0) is 19.3 Å². The number of nitrogens with zero attached hydrogens (tertiary/aromatic N) is 2. The van der Waals surface area contributed by atoms with E-state index in [1.807, 2.05) is 0 Å². The van der Waals surface area contributed by atoms with Gasteiger partial charge in [-0.15, -0.1) is 0 Å². The summed E-state index contributed by atoms with van der Waals surface area (Å²) >= 11 is 0. The number of rotatable bonds is 2. The third-order valence-electron chi connectivity index (χ3n) is 2.74. The monoisotopic (exact) mass is 208 g/mol. The molecule has 15 heavy (non-hydrogen) atoms. The molecule has 2 heterocycles. The van der Waals surface area contributed by atoms with Crippen LogP contribution in [0.1, 0.15) is 36.6 Å². The first kappa shape index (κ1) is 10.2. The van der Waals surface area contributed by atoms with Crippen molar-refractivity contribution >= 4 is 5.97 Å². The summed E-state index contributed by atoms with van der Waals surface area (Å²) in [6.45, 7) is 5.37. The topological polar surface area (TPSA) is 44.1 Å². The minimum Gasteiger partial charge on any atom is -0.461 e. The number of carbonyl (C=O) groups excluding carboxylic acids is 1. The number of aromatic nitrogens is 2. The Balaban J connectivity index is 2.19. The second kappa shape index (κ2) is 4.04. The molecule has 0 unspecified atom stereocenters. The van der Waals surface area contributed by atoms with Gasteiger partial charge in [0.15, 0.2) is 5.69 Å². The van der Waals surface area contributed by atoms with Gasteiger partial charge >= 0.3 is 5.97 Å². The van der Waals surface area contributed by atoms with Gasteiger partial charge in [0.25, 0.3) is 0 Å². The van der Waals surface area contributed by atoms with Gasteiger partial charge in [-0.25, -0.2) is 9.78 Å². The number of aryl methyl sites for hydroxylation is 1. The molecule has 2 rings (SSSR count). The van der Waals surface area contributed by atoms with Crippen LogP contribution in [0.2, 0.25) is 0 Å². The van der Waals surface area contributed by atoms with Gasteiger partial charge in [-0.2, -0.15) is 0 Å². The highest BCUT2D eigenvalue weighted by Gasteiger charge is 2.20. The van der Waals surface area contributed by atoms with E-state index in [0.717, 1.165) is 25.2 Å². The smallest absolute Gasteiger partial charge is 0.358 e. The van der Waals surface area contributed by atoms with Crippen molar-refractivity contribution in [3.05, 3.63) is 17.7 Å². The molecule has 0 saturated carbocycles. The molecule has 1 atom stereocenters. The lowest BCUT2D eigenvalue weighted by atomic mass is 10.0. The maximum absolute atomic E-state index is 11.4. The summed E-state index contributed by atoms with van der Waals surface area (Å²) < 4.78 is 6.98. The van der Waals surface area contributed by atoms with E-state index in [2.05, 4.69) is 16.5 Å². The van der Waals surface area contributed by atoms with Crippen molar-refractivity contribution in [1.82, 2.24) is 9.55 Å². The second-order valence-electron chi connectivity index (χ2n) is 4.05. The van der Waals surface area contributed by atoms with Crippen molar-refractivity contribution < 1.29 is 9.53 Å². The Kier molecular flexibility index (Phi) is 2.75. The zero-order chi connectivity index (χ0) is 10.8. The highest BCUT2D eigenvalue weighted by atomic mass is 16.5. The van der Waals surface area contributed by atoms with Crippen LogP contribution in [0.4, 0.5) is 0 Å². The minimum atomic E-state index is -0.313. The van der Waals surface area contributed by atoms with E-state index in [9.17, 15) is 4.79 Å². The normalized spacial score (nSPS) is 19.7. The fraction of sp³-hybridized carbons (Fsp3) is 0.636. The molecular formula is C11H16N2O2. The number of ether oxygens (including phenoxy) is 1. The summed E-state index contributed by atoms with van der Waals surface area (Å²) in [4.78, 5) is 15.8. The Hall–Kier alpha value is -1.32. The molecule has 0 fully saturated rings. The Morgan fingerprint density at radius 1 is 1.73 bits per heavy atom. The van der Waals surface area contributed by atoms with Crippen LogP contribution in [-0.2, 0) is 17.7 Å². The molecule has 1 aliphatic heterocycles. The number of hydrogen-bond donors (Lipinski definition) is 0. The van der Waals surface area contributed by atoms with E-state index in [4.69, 9.17) is 4.74 Å². The van der Waals surface area contributed by atoms with Crippen LogP contribution in [0.25, 0.3) is 0 Å².